The van der Waals surface area contributed by atoms with Gasteiger partial charge in [-0.05, 0) is 83.5 Å². The number of allylic oxidation sites excluding steroid dienone is 10. The fraction of sp³-hybridized carbons (Fsp3) is 0.772. The van der Waals surface area contributed by atoms with Crippen molar-refractivity contribution in [3.63, 3.8) is 0 Å². The summed E-state index contributed by atoms with van der Waals surface area (Å²) in [6.07, 6.45) is 63.4. The molecule has 0 aromatic heterocycles. The van der Waals surface area contributed by atoms with Gasteiger partial charge in [-0.3, -0.25) is 14.4 Å². The van der Waals surface area contributed by atoms with Gasteiger partial charge in [-0.2, -0.15) is 0 Å². The summed E-state index contributed by atoms with van der Waals surface area (Å²) < 4.78 is 16.8. The molecule has 0 bridgehead atoms. The highest BCUT2D eigenvalue weighted by Gasteiger charge is 2.19. The van der Waals surface area contributed by atoms with Gasteiger partial charge < -0.3 is 14.2 Å². The van der Waals surface area contributed by atoms with E-state index in [1.807, 2.05) is 0 Å². The van der Waals surface area contributed by atoms with Gasteiger partial charge in [0.15, 0.2) is 6.10 Å². The first kappa shape index (κ1) is 60.1. The Kier molecular flexibility index (Phi) is 49.4. The molecule has 0 aromatic carbocycles. The van der Waals surface area contributed by atoms with Crippen LogP contribution in [-0.2, 0) is 28.6 Å². The van der Waals surface area contributed by atoms with Crippen LogP contribution in [0.1, 0.15) is 265 Å². The van der Waals surface area contributed by atoms with E-state index in [-0.39, 0.29) is 31.1 Å². The molecule has 0 fully saturated rings. The van der Waals surface area contributed by atoms with Crippen LogP contribution in [0, 0.1) is 0 Å². The molecule has 0 amide bonds. The van der Waals surface area contributed by atoms with Gasteiger partial charge >= 0.3 is 17.9 Å². The van der Waals surface area contributed by atoms with Crippen molar-refractivity contribution in [3.05, 3.63) is 60.8 Å². The second-order valence-electron chi connectivity index (χ2n) is 17.8. The van der Waals surface area contributed by atoms with E-state index in [2.05, 4.69) is 81.5 Å². The smallest absolute Gasteiger partial charge is 0.306 e. The predicted molar refractivity (Wildman–Crippen MR) is 270 cm³/mol. The molecule has 6 nitrogen and oxygen atoms in total. The van der Waals surface area contributed by atoms with E-state index in [1.54, 1.807) is 0 Å². The first-order valence-corrected chi connectivity index (χ1v) is 26.8. The minimum atomic E-state index is -0.784. The molecule has 0 saturated carbocycles. The molecule has 0 radical (unpaired) electrons. The Morgan fingerprint density at radius 1 is 0.333 bits per heavy atom. The fourth-order valence-corrected chi connectivity index (χ4v) is 7.49. The number of unbranched alkanes of at least 4 members (excludes halogenated alkanes) is 27. The van der Waals surface area contributed by atoms with Crippen molar-refractivity contribution in [1.29, 1.82) is 0 Å². The molecule has 1 unspecified atom stereocenters. The molecule has 1 atom stereocenters. The zero-order chi connectivity index (χ0) is 45.8. The van der Waals surface area contributed by atoms with Crippen molar-refractivity contribution in [3.8, 4) is 0 Å². The van der Waals surface area contributed by atoms with Crippen molar-refractivity contribution in [2.75, 3.05) is 13.2 Å². The topological polar surface area (TPSA) is 78.9 Å². The maximum atomic E-state index is 12.8. The van der Waals surface area contributed by atoms with Crippen LogP contribution in [0.2, 0.25) is 0 Å². The van der Waals surface area contributed by atoms with Gasteiger partial charge in [-0.25, -0.2) is 0 Å². The normalized spacial score (nSPS) is 12.5. The fourth-order valence-electron chi connectivity index (χ4n) is 7.49. The van der Waals surface area contributed by atoms with Gasteiger partial charge in [0.2, 0.25) is 0 Å². The molecule has 0 aliphatic carbocycles. The van der Waals surface area contributed by atoms with Crippen molar-refractivity contribution >= 4 is 17.9 Å². The van der Waals surface area contributed by atoms with Crippen molar-refractivity contribution in [2.45, 2.75) is 271 Å². The van der Waals surface area contributed by atoms with Crippen LogP contribution in [0.25, 0.3) is 0 Å². The summed E-state index contributed by atoms with van der Waals surface area (Å²) in [4.78, 5) is 38.0. The summed E-state index contributed by atoms with van der Waals surface area (Å²) in [6, 6.07) is 0. The van der Waals surface area contributed by atoms with Gasteiger partial charge in [0.25, 0.3) is 0 Å². The second-order valence-corrected chi connectivity index (χ2v) is 17.8. The lowest BCUT2D eigenvalue weighted by Crippen LogP contribution is -2.30. The lowest BCUT2D eigenvalue weighted by molar-refractivity contribution is -0.167. The standard InChI is InChI=1S/C57H100O6/c1-4-7-10-13-16-19-22-25-28-31-34-37-40-43-46-49-55(58)61-52-54(63-57(60)51-48-45-42-39-36-33-30-27-24-21-18-15-12-9-6-3)53-62-56(59)50-47-44-41-38-35-32-29-26-23-20-17-14-11-8-5-2/h7,10,16-17,19-20,25-26,28-29,54H,4-6,8-9,11-15,18,21-24,27,30-53H2,1-3H3. The summed E-state index contributed by atoms with van der Waals surface area (Å²) in [5.74, 6) is -0.906. The van der Waals surface area contributed by atoms with E-state index in [9.17, 15) is 14.4 Å². The van der Waals surface area contributed by atoms with E-state index < -0.39 is 6.10 Å². The molecule has 0 rings (SSSR count). The third kappa shape index (κ3) is 50.0. The van der Waals surface area contributed by atoms with Crippen molar-refractivity contribution in [1.82, 2.24) is 0 Å². The van der Waals surface area contributed by atoms with E-state index in [1.165, 1.54) is 109 Å². The van der Waals surface area contributed by atoms with Crippen molar-refractivity contribution in [2.24, 2.45) is 0 Å². The van der Waals surface area contributed by atoms with E-state index in [4.69, 9.17) is 14.2 Å². The number of hydrogen-bond donors (Lipinski definition) is 0. The number of ether oxygens (including phenoxy) is 3. The molecule has 63 heavy (non-hydrogen) atoms. The van der Waals surface area contributed by atoms with Gasteiger partial charge in [-0.15, -0.1) is 0 Å². The highest BCUT2D eigenvalue weighted by Crippen LogP contribution is 2.15. The number of carbonyl (C=O) groups is 3. The van der Waals surface area contributed by atoms with Crippen LogP contribution in [0.5, 0.6) is 0 Å². The van der Waals surface area contributed by atoms with Crippen LogP contribution in [0.3, 0.4) is 0 Å². The van der Waals surface area contributed by atoms with E-state index in [0.29, 0.717) is 19.3 Å². The highest BCUT2D eigenvalue weighted by atomic mass is 16.6. The predicted octanol–water partition coefficient (Wildman–Crippen LogP) is 17.6. The molecular weight excluding hydrogens is 781 g/mol. The Bertz CT molecular complexity index is 1150. The first-order valence-electron chi connectivity index (χ1n) is 26.8. The SMILES string of the molecule is CCC=CCC=CCC=CCCCCCCCC(=O)OCC(COC(=O)CCCCCCCC=CCC=CCCCCC)OC(=O)CCCCCCCCCCCCCCCCC. The molecule has 0 aromatic rings. The molecule has 0 saturated heterocycles. The lowest BCUT2D eigenvalue weighted by Gasteiger charge is -2.18. The third-order valence-corrected chi connectivity index (χ3v) is 11.5. The Morgan fingerprint density at radius 2 is 0.619 bits per heavy atom. The Labute approximate surface area is 390 Å². The van der Waals surface area contributed by atoms with Crippen LogP contribution in [0.15, 0.2) is 60.8 Å². The summed E-state index contributed by atoms with van der Waals surface area (Å²) in [5, 5.41) is 0. The van der Waals surface area contributed by atoms with Crippen LogP contribution >= 0.6 is 0 Å². The zero-order valence-corrected chi connectivity index (χ0v) is 41.6. The number of esters is 3. The lowest BCUT2D eigenvalue weighted by atomic mass is 10.0. The molecule has 0 N–H and O–H groups in total. The maximum Gasteiger partial charge on any atom is 0.306 e. The number of rotatable bonds is 48. The van der Waals surface area contributed by atoms with Gasteiger partial charge in [0.05, 0.1) is 0 Å². The highest BCUT2D eigenvalue weighted by molar-refractivity contribution is 5.71. The summed E-state index contributed by atoms with van der Waals surface area (Å²) in [6.45, 7) is 6.49. The molecule has 0 aliphatic rings. The summed E-state index contributed by atoms with van der Waals surface area (Å²) in [5.41, 5.74) is 0. The molecule has 0 aliphatic heterocycles. The Morgan fingerprint density at radius 3 is 1.00 bits per heavy atom. The average Bonchev–Trinajstić information content (AvgIpc) is 3.28. The first-order chi connectivity index (χ1) is 31.0. The van der Waals surface area contributed by atoms with Crippen LogP contribution in [-0.4, -0.2) is 37.2 Å². The molecular formula is C57H100O6. The van der Waals surface area contributed by atoms with Crippen LogP contribution in [0.4, 0.5) is 0 Å². The summed E-state index contributed by atoms with van der Waals surface area (Å²) >= 11 is 0. The maximum absolute atomic E-state index is 12.8. The molecule has 0 spiro atoms. The van der Waals surface area contributed by atoms with E-state index in [0.717, 1.165) is 116 Å². The van der Waals surface area contributed by atoms with Crippen molar-refractivity contribution < 1.29 is 28.6 Å². The Balaban J connectivity index is 4.41. The quantitative estimate of drug-likeness (QED) is 0.0262. The summed E-state index contributed by atoms with van der Waals surface area (Å²) in [7, 11) is 0. The monoisotopic (exact) mass is 881 g/mol. The number of carbonyl (C=O) groups excluding carboxylic acids is 3. The molecule has 6 heteroatoms. The second kappa shape index (κ2) is 51.7. The molecule has 0 heterocycles. The third-order valence-electron chi connectivity index (χ3n) is 11.5. The van der Waals surface area contributed by atoms with Gasteiger partial charge in [-0.1, -0.05) is 223 Å². The number of hydrogen-bond acceptors (Lipinski definition) is 6. The van der Waals surface area contributed by atoms with Gasteiger partial charge in [0.1, 0.15) is 13.2 Å². The Hall–Kier alpha value is -2.89. The van der Waals surface area contributed by atoms with E-state index >= 15 is 0 Å². The zero-order valence-electron chi connectivity index (χ0n) is 41.6. The van der Waals surface area contributed by atoms with Gasteiger partial charge in [0, 0.05) is 19.3 Å². The minimum Gasteiger partial charge on any atom is -0.462 e. The average molecular weight is 881 g/mol. The molecule has 364 valence electrons. The van der Waals surface area contributed by atoms with Crippen LogP contribution < -0.4 is 0 Å². The minimum absolute atomic E-state index is 0.0853. The largest absolute Gasteiger partial charge is 0.462 e.